The number of hydrogen-bond donors (Lipinski definition) is 1. The molecule has 2 heterocycles. The highest BCUT2D eigenvalue weighted by Crippen LogP contribution is 2.28. The van der Waals surface area contributed by atoms with E-state index in [1.54, 1.807) is 13.4 Å². The monoisotopic (exact) mass is 400 g/mol. The Morgan fingerprint density at radius 1 is 1.29 bits per heavy atom. The Kier molecular flexibility index (Phi) is 6.41. The number of thioether (sulfide) groups is 1. The molecule has 1 N–H and O–H groups in total. The van der Waals surface area contributed by atoms with Crippen LogP contribution >= 0.6 is 11.8 Å². The van der Waals surface area contributed by atoms with Crippen molar-refractivity contribution in [3.63, 3.8) is 0 Å². The van der Waals surface area contributed by atoms with Crippen LogP contribution < -0.4 is 10.1 Å². The molecule has 0 aliphatic rings. The number of furan rings is 1. The topological polar surface area (TPSA) is 82.2 Å². The Labute approximate surface area is 168 Å². The van der Waals surface area contributed by atoms with Crippen LogP contribution in [0.15, 0.2) is 46.2 Å². The number of anilines is 1. The van der Waals surface area contributed by atoms with Crippen LogP contribution in [0.2, 0.25) is 0 Å². The van der Waals surface area contributed by atoms with E-state index in [1.807, 2.05) is 41.8 Å². The van der Waals surface area contributed by atoms with Crippen LogP contribution in [-0.2, 0) is 11.3 Å². The van der Waals surface area contributed by atoms with Crippen LogP contribution in [0.1, 0.15) is 19.6 Å². The molecule has 3 rings (SSSR count). The van der Waals surface area contributed by atoms with Crippen molar-refractivity contribution < 1.29 is 13.9 Å². The Bertz CT molecular complexity index is 949. The number of nitrogens with zero attached hydrogens (tertiary/aromatic N) is 3. The molecule has 0 unspecified atom stereocenters. The quantitative estimate of drug-likeness (QED) is 0.570. The van der Waals surface area contributed by atoms with E-state index in [0.717, 1.165) is 23.7 Å². The maximum Gasteiger partial charge on any atom is 0.234 e. The summed E-state index contributed by atoms with van der Waals surface area (Å²) in [6.45, 7) is 6.92. The van der Waals surface area contributed by atoms with Crippen LogP contribution in [0.4, 0.5) is 5.69 Å². The van der Waals surface area contributed by atoms with Crippen LogP contribution in [0.25, 0.3) is 11.4 Å². The number of para-hydroxylation sites is 2. The maximum absolute atomic E-state index is 12.4. The molecule has 1 aromatic carbocycles. The molecule has 0 fully saturated rings. The fourth-order valence-corrected chi connectivity index (χ4v) is 3.55. The average molecular weight is 401 g/mol. The Balaban J connectivity index is 1.74. The fraction of sp³-hybridized carbons (Fsp3) is 0.350. The molecule has 0 spiro atoms. The van der Waals surface area contributed by atoms with Gasteiger partial charge in [-0.05, 0) is 31.0 Å². The summed E-state index contributed by atoms with van der Waals surface area (Å²) >= 11 is 1.36. The van der Waals surface area contributed by atoms with Gasteiger partial charge in [0.1, 0.15) is 11.5 Å². The lowest BCUT2D eigenvalue weighted by atomic mass is 10.2. The van der Waals surface area contributed by atoms with Crippen molar-refractivity contribution in [3.05, 3.63) is 42.4 Å². The molecule has 0 saturated heterocycles. The number of amides is 1. The van der Waals surface area contributed by atoms with E-state index in [1.165, 1.54) is 11.8 Å². The lowest BCUT2D eigenvalue weighted by Gasteiger charge is -2.12. The highest BCUT2D eigenvalue weighted by Gasteiger charge is 2.19. The van der Waals surface area contributed by atoms with Gasteiger partial charge in [0.05, 0.1) is 30.4 Å². The van der Waals surface area contributed by atoms with Crippen LogP contribution in [0.5, 0.6) is 5.75 Å². The highest BCUT2D eigenvalue weighted by atomic mass is 32.2. The van der Waals surface area contributed by atoms with Crippen molar-refractivity contribution in [2.24, 2.45) is 5.92 Å². The molecule has 0 atom stereocenters. The van der Waals surface area contributed by atoms with Crippen LogP contribution in [-0.4, -0.2) is 33.5 Å². The zero-order valence-electron chi connectivity index (χ0n) is 16.4. The van der Waals surface area contributed by atoms with Gasteiger partial charge in [-0.25, -0.2) is 0 Å². The zero-order chi connectivity index (χ0) is 20.1. The van der Waals surface area contributed by atoms with Gasteiger partial charge in [-0.15, -0.1) is 10.2 Å². The van der Waals surface area contributed by atoms with Gasteiger partial charge in [0.25, 0.3) is 0 Å². The largest absolute Gasteiger partial charge is 0.495 e. The lowest BCUT2D eigenvalue weighted by Crippen LogP contribution is -2.15. The third-order valence-electron chi connectivity index (χ3n) is 4.08. The summed E-state index contributed by atoms with van der Waals surface area (Å²) in [5, 5.41) is 12.2. The molecule has 0 aliphatic heterocycles. The third kappa shape index (κ3) is 4.56. The van der Waals surface area contributed by atoms with Crippen LogP contribution in [0.3, 0.4) is 0 Å². The van der Waals surface area contributed by atoms with E-state index >= 15 is 0 Å². The fourth-order valence-electron chi connectivity index (χ4n) is 2.81. The lowest BCUT2D eigenvalue weighted by molar-refractivity contribution is -0.113. The van der Waals surface area contributed by atoms with Crippen molar-refractivity contribution in [1.29, 1.82) is 0 Å². The molecule has 0 aliphatic carbocycles. The van der Waals surface area contributed by atoms with E-state index in [2.05, 4.69) is 29.4 Å². The van der Waals surface area contributed by atoms with E-state index < -0.39 is 0 Å². The van der Waals surface area contributed by atoms with Crippen molar-refractivity contribution in [2.75, 3.05) is 18.2 Å². The Morgan fingerprint density at radius 3 is 2.75 bits per heavy atom. The van der Waals surface area contributed by atoms with E-state index in [0.29, 0.717) is 22.5 Å². The first-order valence-electron chi connectivity index (χ1n) is 9.03. The molecule has 8 heteroatoms. The molecule has 2 aromatic heterocycles. The maximum atomic E-state index is 12.4. The van der Waals surface area contributed by atoms with Gasteiger partial charge in [-0.3, -0.25) is 4.79 Å². The molecule has 0 bridgehead atoms. The average Bonchev–Trinajstić information content (AvgIpc) is 3.25. The molecular formula is C20H24N4O3S. The first-order chi connectivity index (χ1) is 13.5. The number of aryl methyl sites for hydroxylation is 1. The highest BCUT2D eigenvalue weighted by molar-refractivity contribution is 7.99. The number of benzene rings is 1. The minimum absolute atomic E-state index is 0.130. The summed E-state index contributed by atoms with van der Waals surface area (Å²) in [5.41, 5.74) is 1.56. The van der Waals surface area contributed by atoms with Gasteiger partial charge < -0.3 is 19.0 Å². The number of hydrogen-bond acceptors (Lipinski definition) is 6. The predicted molar refractivity (Wildman–Crippen MR) is 110 cm³/mol. The van der Waals surface area contributed by atoms with Gasteiger partial charge in [-0.2, -0.15) is 0 Å². The molecule has 0 saturated carbocycles. The normalized spacial score (nSPS) is 11.0. The van der Waals surface area contributed by atoms with Gasteiger partial charge >= 0.3 is 0 Å². The second-order valence-corrected chi connectivity index (χ2v) is 7.68. The number of carbonyl (C=O) groups is 1. The minimum atomic E-state index is -0.130. The molecule has 0 radical (unpaired) electrons. The SMILES string of the molecule is COc1ccccc1NC(=O)CSc1nnc(-c2ccoc2C)n1CC(C)C. The Morgan fingerprint density at radius 2 is 2.07 bits per heavy atom. The number of nitrogens with one attached hydrogen (secondary N) is 1. The van der Waals surface area contributed by atoms with Crippen molar-refractivity contribution in [1.82, 2.24) is 14.8 Å². The number of methoxy groups -OCH3 is 1. The smallest absolute Gasteiger partial charge is 0.234 e. The summed E-state index contributed by atoms with van der Waals surface area (Å²) in [4.78, 5) is 12.4. The first-order valence-corrected chi connectivity index (χ1v) is 10.0. The Hall–Kier alpha value is -2.74. The number of carbonyl (C=O) groups excluding carboxylic acids is 1. The number of aromatic nitrogens is 3. The molecule has 1 amide bonds. The van der Waals surface area contributed by atoms with Gasteiger partial charge in [0.15, 0.2) is 11.0 Å². The predicted octanol–water partition coefficient (Wildman–Crippen LogP) is 4.24. The van der Waals surface area contributed by atoms with Crippen LogP contribution in [0, 0.1) is 12.8 Å². The standard InChI is InChI=1S/C20H24N4O3S/c1-13(2)11-24-19(15-9-10-27-14(15)3)22-23-20(24)28-12-18(25)21-16-7-5-6-8-17(16)26-4/h5-10,13H,11-12H2,1-4H3,(H,21,25). The summed E-state index contributed by atoms with van der Waals surface area (Å²) in [5.74, 6) is 2.67. The summed E-state index contributed by atoms with van der Waals surface area (Å²) in [7, 11) is 1.58. The zero-order valence-corrected chi connectivity index (χ0v) is 17.2. The van der Waals surface area contributed by atoms with Gasteiger partial charge in [0.2, 0.25) is 5.91 Å². The van der Waals surface area contributed by atoms with E-state index in [4.69, 9.17) is 9.15 Å². The molecule has 7 nitrogen and oxygen atoms in total. The second-order valence-electron chi connectivity index (χ2n) is 6.74. The third-order valence-corrected chi connectivity index (χ3v) is 5.04. The van der Waals surface area contributed by atoms with Crippen molar-refractivity contribution >= 4 is 23.4 Å². The minimum Gasteiger partial charge on any atom is -0.495 e. The number of ether oxygens (including phenoxy) is 1. The molecule has 3 aromatic rings. The number of rotatable bonds is 8. The van der Waals surface area contributed by atoms with Crippen molar-refractivity contribution in [3.8, 4) is 17.1 Å². The van der Waals surface area contributed by atoms with E-state index in [-0.39, 0.29) is 11.7 Å². The van der Waals surface area contributed by atoms with E-state index in [9.17, 15) is 4.79 Å². The summed E-state index contributed by atoms with van der Waals surface area (Å²) in [6.07, 6.45) is 1.65. The van der Waals surface area contributed by atoms with Crippen molar-refractivity contribution in [2.45, 2.75) is 32.5 Å². The second kappa shape index (κ2) is 8.97. The first kappa shape index (κ1) is 20.0. The van der Waals surface area contributed by atoms with Gasteiger partial charge in [0, 0.05) is 6.54 Å². The molecule has 148 valence electrons. The molecule has 28 heavy (non-hydrogen) atoms. The molecular weight excluding hydrogens is 376 g/mol. The summed E-state index contributed by atoms with van der Waals surface area (Å²) in [6, 6.07) is 9.21. The summed E-state index contributed by atoms with van der Waals surface area (Å²) < 4.78 is 12.7. The van der Waals surface area contributed by atoms with Gasteiger partial charge in [-0.1, -0.05) is 37.7 Å².